The Kier molecular flexibility index (Phi) is 4.11. The predicted molar refractivity (Wildman–Crippen MR) is 118 cm³/mol. The molecular weight excluding hydrogens is 403 g/mol. The smallest absolute Gasteiger partial charge is 0.139 e. The van der Waals surface area contributed by atoms with Crippen LogP contribution in [0.4, 0.5) is 4.39 Å². The number of benzene rings is 1. The van der Waals surface area contributed by atoms with E-state index >= 15 is 0 Å². The van der Waals surface area contributed by atoms with Crippen LogP contribution < -0.4 is 5.73 Å². The molecule has 0 saturated heterocycles. The lowest BCUT2D eigenvalue weighted by Crippen LogP contribution is -2.26. The summed E-state index contributed by atoms with van der Waals surface area (Å²) in [5.74, 6) is 0.272. The van der Waals surface area contributed by atoms with E-state index in [-0.39, 0.29) is 11.7 Å². The second-order valence-corrected chi connectivity index (χ2v) is 8.17. The second kappa shape index (κ2) is 7.02. The van der Waals surface area contributed by atoms with Gasteiger partial charge in [-0.15, -0.1) is 0 Å². The number of aliphatic imine (C=N–C) groups is 1. The molecule has 1 aromatic carbocycles. The molecule has 1 atom stereocenters. The Bertz CT molecular complexity index is 1370. The zero-order valence-corrected chi connectivity index (χ0v) is 17.1. The molecule has 0 amide bonds. The highest BCUT2D eigenvalue weighted by atomic mass is 19.1. The molecule has 0 spiro atoms. The van der Waals surface area contributed by atoms with Gasteiger partial charge in [0.2, 0.25) is 0 Å². The maximum atomic E-state index is 14.9. The molecule has 7 heteroatoms. The van der Waals surface area contributed by atoms with Crippen LogP contribution in [0.1, 0.15) is 46.7 Å². The minimum Gasteiger partial charge on any atom is -0.383 e. The fourth-order valence-corrected chi connectivity index (χ4v) is 4.51. The molecule has 156 valence electrons. The van der Waals surface area contributed by atoms with Gasteiger partial charge >= 0.3 is 0 Å². The maximum absolute atomic E-state index is 14.9. The van der Waals surface area contributed by atoms with Gasteiger partial charge in [-0.2, -0.15) is 0 Å². The van der Waals surface area contributed by atoms with E-state index in [0.717, 1.165) is 35.2 Å². The first-order chi connectivity index (χ1) is 15.7. The van der Waals surface area contributed by atoms with Crippen molar-refractivity contribution in [2.75, 3.05) is 0 Å². The number of aromatic nitrogens is 4. The number of amidine groups is 1. The molecule has 32 heavy (non-hydrogen) atoms. The van der Waals surface area contributed by atoms with Gasteiger partial charge in [-0.05, 0) is 54.3 Å². The lowest BCUT2D eigenvalue weighted by molar-refractivity contribution is 0.615. The number of nitrogens with two attached hydrogens (primary N) is 1. The van der Waals surface area contributed by atoms with E-state index in [1.54, 1.807) is 30.9 Å². The molecular formula is C25H19FN6. The third-order valence-corrected chi connectivity index (χ3v) is 6.18. The molecule has 1 unspecified atom stereocenters. The van der Waals surface area contributed by atoms with E-state index in [4.69, 9.17) is 10.7 Å². The minimum absolute atomic E-state index is 0.185. The fourth-order valence-electron chi connectivity index (χ4n) is 4.51. The van der Waals surface area contributed by atoms with Crippen LogP contribution in [0.2, 0.25) is 0 Å². The zero-order valence-electron chi connectivity index (χ0n) is 17.1. The van der Waals surface area contributed by atoms with Crippen molar-refractivity contribution >= 4 is 5.84 Å². The summed E-state index contributed by atoms with van der Waals surface area (Å²) < 4.78 is 14.9. The molecule has 0 radical (unpaired) electrons. The Labute approximate surface area is 184 Å². The highest BCUT2D eigenvalue weighted by molar-refractivity contribution is 6.03. The average molecular weight is 422 g/mol. The van der Waals surface area contributed by atoms with Gasteiger partial charge in [0, 0.05) is 47.5 Å². The first-order valence-corrected chi connectivity index (χ1v) is 10.5. The number of nitrogens with zero attached hydrogens (tertiary/aromatic N) is 5. The summed E-state index contributed by atoms with van der Waals surface area (Å²) in [6, 6.07) is 12.9. The first-order valence-electron chi connectivity index (χ1n) is 10.5. The zero-order chi connectivity index (χ0) is 21.7. The fraction of sp³-hybridized carbons (Fsp3) is 0.160. The number of rotatable bonds is 4. The standard InChI is InChI=1S/C25H19FN6/c26-20-3-1-2-19-23(20)24(27)32-25(19,17-6-8-30-21(10-17)15-4-5-15)18-7-9-31-22(11-18)16-12-28-14-29-13-16/h1-3,6-15H,4-5H2,(H2,27,32). The van der Waals surface area contributed by atoms with Crippen molar-refractivity contribution in [2.45, 2.75) is 24.3 Å². The molecule has 1 saturated carbocycles. The van der Waals surface area contributed by atoms with Gasteiger partial charge in [0.1, 0.15) is 23.5 Å². The van der Waals surface area contributed by atoms with Gasteiger partial charge in [-0.25, -0.2) is 19.4 Å². The predicted octanol–water partition coefficient (Wildman–Crippen LogP) is 3.96. The highest BCUT2D eigenvalue weighted by Crippen LogP contribution is 2.48. The van der Waals surface area contributed by atoms with Crippen LogP contribution in [-0.2, 0) is 5.54 Å². The van der Waals surface area contributed by atoms with Gasteiger partial charge < -0.3 is 5.73 Å². The van der Waals surface area contributed by atoms with E-state index < -0.39 is 5.54 Å². The topological polar surface area (TPSA) is 89.9 Å². The van der Waals surface area contributed by atoms with Crippen molar-refractivity contribution in [1.29, 1.82) is 0 Å². The molecule has 0 bridgehead atoms. The Morgan fingerprint density at radius 2 is 1.69 bits per heavy atom. The van der Waals surface area contributed by atoms with Crippen LogP contribution >= 0.6 is 0 Å². The summed E-state index contributed by atoms with van der Waals surface area (Å²) in [7, 11) is 0. The number of fused-ring (bicyclic) bond motifs is 1. The third kappa shape index (κ3) is 2.81. The molecule has 4 heterocycles. The number of hydrogen-bond donors (Lipinski definition) is 1. The number of hydrogen-bond acceptors (Lipinski definition) is 6. The summed E-state index contributed by atoms with van der Waals surface area (Å²) in [4.78, 5) is 22.2. The van der Waals surface area contributed by atoms with Gasteiger partial charge in [0.25, 0.3) is 0 Å². The van der Waals surface area contributed by atoms with Crippen molar-refractivity contribution in [1.82, 2.24) is 19.9 Å². The number of halogens is 1. The largest absolute Gasteiger partial charge is 0.383 e. The maximum Gasteiger partial charge on any atom is 0.139 e. The Hall–Kier alpha value is -4.00. The molecule has 2 N–H and O–H groups in total. The van der Waals surface area contributed by atoms with Crippen molar-refractivity contribution in [3.05, 3.63) is 107 Å². The Morgan fingerprint density at radius 1 is 0.938 bits per heavy atom. The van der Waals surface area contributed by atoms with Gasteiger partial charge in [0.15, 0.2) is 0 Å². The summed E-state index contributed by atoms with van der Waals surface area (Å²) in [6.45, 7) is 0. The Balaban J connectivity index is 1.63. The van der Waals surface area contributed by atoms with Crippen molar-refractivity contribution < 1.29 is 4.39 Å². The van der Waals surface area contributed by atoms with Crippen LogP contribution in [0.5, 0.6) is 0 Å². The normalized spacial score (nSPS) is 19.5. The van der Waals surface area contributed by atoms with Crippen molar-refractivity contribution in [2.24, 2.45) is 10.7 Å². The molecule has 4 aromatic rings. The van der Waals surface area contributed by atoms with Gasteiger partial charge in [-0.3, -0.25) is 9.97 Å². The second-order valence-electron chi connectivity index (χ2n) is 8.17. The Morgan fingerprint density at radius 3 is 2.47 bits per heavy atom. The van der Waals surface area contributed by atoms with Crippen LogP contribution in [-0.4, -0.2) is 25.8 Å². The lowest BCUT2D eigenvalue weighted by Gasteiger charge is -2.29. The van der Waals surface area contributed by atoms with Crippen molar-refractivity contribution in [3.8, 4) is 11.3 Å². The molecule has 1 fully saturated rings. The highest BCUT2D eigenvalue weighted by Gasteiger charge is 2.44. The minimum atomic E-state index is -0.999. The molecule has 6 rings (SSSR count). The quantitative estimate of drug-likeness (QED) is 0.538. The monoisotopic (exact) mass is 422 g/mol. The van der Waals surface area contributed by atoms with Crippen LogP contribution in [0.25, 0.3) is 11.3 Å². The summed E-state index contributed by atoms with van der Waals surface area (Å²) >= 11 is 0. The van der Waals surface area contributed by atoms with Crippen LogP contribution in [0.3, 0.4) is 0 Å². The van der Waals surface area contributed by atoms with E-state index in [2.05, 4.69) is 26.0 Å². The SMILES string of the molecule is NC1=NC(c2ccnc(-c3cncnc3)c2)(c2ccnc(C3CC3)c2)c2cccc(F)c21. The molecule has 1 aliphatic carbocycles. The van der Waals surface area contributed by atoms with Gasteiger partial charge in [-0.1, -0.05) is 12.1 Å². The molecule has 2 aliphatic rings. The van der Waals surface area contributed by atoms with Crippen LogP contribution in [0, 0.1) is 5.82 Å². The van der Waals surface area contributed by atoms with Crippen molar-refractivity contribution in [3.63, 3.8) is 0 Å². The van der Waals surface area contributed by atoms with Crippen LogP contribution in [0.15, 0.2) is 78.6 Å². The average Bonchev–Trinajstić information content (AvgIpc) is 3.64. The first kappa shape index (κ1) is 18.7. The van der Waals surface area contributed by atoms with Gasteiger partial charge in [0.05, 0.1) is 11.3 Å². The third-order valence-electron chi connectivity index (χ3n) is 6.18. The lowest BCUT2D eigenvalue weighted by atomic mass is 9.77. The van der Waals surface area contributed by atoms with E-state index in [1.807, 2.05) is 24.3 Å². The van der Waals surface area contributed by atoms with E-state index in [9.17, 15) is 4.39 Å². The number of pyridine rings is 2. The molecule has 1 aliphatic heterocycles. The summed E-state index contributed by atoms with van der Waals surface area (Å²) in [5, 5.41) is 0. The summed E-state index contributed by atoms with van der Waals surface area (Å²) in [5.41, 5.74) is 10.6. The summed E-state index contributed by atoms with van der Waals surface area (Å²) in [6.07, 6.45) is 10.7. The van der Waals surface area contributed by atoms with E-state index in [0.29, 0.717) is 22.7 Å². The molecule has 3 aromatic heterocycles. The van der Waals surface area contributed by atoms with E-state index in [1.165, 1.54) is 12.4 Å². The molecule has 6 nitrogen and oxygen atoms in total.